The standard InChI is InChI=1S/C28H28ClN7S.C5H11NO2/c1-2-18-14-19(15-20-16-30-28(34-26(18)20)33-21-8-4-3-5-9-21)23-12-13-24-27(31-17-32-36(23)24)35-37-25-11-7-6-10-22(25)29;1-5(2,3)8-4(6)7/h6-7,10-17,21H,2-5,8-9H2,1H3,(H,30,33,34)(H,31,32,35);1-3H3,(H2,6,7). The Balaban J connectivity index is 0.000000444. The summed E-state index contributed by atoms with van der Waals surface area (Å²) in [6.07, 6.45) is 9.93. The predicted octanol–water partition coefficient (Wildman–Crippen LogP) is 8.30. The Morgan fingerprint density at radius 1 is 1.11 bits per heavy atom. The highest BCUT2D eigenvalue weighted by molar-refractivity contribution is 8.00. The molecule has 236 valence electrons. The van der Waals surface area contributed by atoms with Crippen LogP contribution in [0.15, 0.2) is 66.0 Å². The van der Waals surface area contributed by atoms with Crippen LogP contribution in [0.5, 0.6) is 0 Å². The maximum atomic E-state index is 10.0. The molecule has 0 spiro atoms. The topological polar surface area (TPSA) is 132 Å². The van der Waals surface area contributed by atoms with Gasteiger partial charge in [-0.1, -0.05) is 49.9 Å². The van der Waals surface area contributed by atoms with Gasteiger partial charge >= 0.3 is 6.09 Å². The summed E-state index contributed by atoms with van der Waals surface area (Å²) in [5, 5.41) is 9.84. The molecular formula is C33H39ClN8O2S. The zero-order valence-electron chi connectivity index (χ0n) is 26.0. The molecule has 12 heteroatoms. The molecule has 4 N–H and O–H groups in total. The molecule has 1 aliphatic carbocycles. The Hall–Kier alpha value is -4.09. The van der Waals surface area contributed by atoms with Gasteiger partial charge in [-0.3, -0.25) is 0 Å². The highest BCUT2D eigenvalue weighted by Crippen LogP contribution is 2.32. The van der Waals surface area contributed by atoms with Crippen molar-refractivity contribution in [3.05, 3.63) is 71.6 Å². The average Bonchev–Trinajstić information content (AvgIpc) is 3.45. The van der Waals surface area contributed by atoms with Gasteiger partial charge in [-0.2, -0.15) is 5.10 Å². The number of hydrogen-bond donors (Lipinski definition) is 3. The van der Waals surface area contributed by atoms with E-state index in [0.717, 1.165) is 50.8 Å². The summed E-state index contributed by atoms with van der Waals surface area (Å²) in [7, 11) is 0. The molecule has 45 heavy (non-hydrogen) atoms. The SMILES string of the molecule is CC(C)(C)OC(N)=O.CCc1cc(-c2ccc3c(NSc4ccccc4Cl)ncnn23)cc2cnc(NC3CCCCC3)nc12. The molecule has 0 atom stereocenters. The number of primary amides is 1. The average molecular weight is 647 g/mol. The van der Waals surface area contributed by atoms with Crippen LogP contribution in [-0.2, 0) is 11.2 Å². The van der Waals surface area contributed by atoms with Crippen molar-refractivity contribution in [3.63, 3.8) is 0 Å². The Kier molecular flexibility index (Phi) is 10.3. The van der Waals surface area contributed by atoms with Gasteiger partial charge in [-0.15, -0.1) is 0 Å². The van der Waals surface area contributed by atoms with Crippen molar-refractivity contribution < 1.29 is 9.53 Å². The molecule has 1 fully saturated rings. The number of aromatic nitrogens is 5. The number of carbonyl (C=O) groups excluding carboxylic acids is 1. The molecule has 3 aromatic heterocycles. The molecule has 10 nitrogen and oxygen atoms in total. The van der Waals surface area contributed by atoms with Crippen molar-refractivity contribution in [3.8, 4) is 11.3 Å². The minimum atomic E-state index is -0.725. The molecule has 0 radical (unpaired) electrons. The van der Waals surface area contributed by atoms with Gasteiger partial charge < -0.3 is 20.5 Å². The first-order valence-corrected chi connectivity index (χ1v) is 16.4. The fourth-order valence-electron chi connectivity index (χ4n) is 5.30. The third-order valence-electron chi connectivity index (χ3n) is 7.33. The Labute approximate surface area is 272 Å². The molecule has 2 aromatic carbocycles. The van der Waals surface area contributed by atoms with E-state index in [9.17, 15) is 4.79 Å². The molecule has 6 rings (SSSR count). The van der Waals surface area contributed by atoms with Crippen LogP contribution in [0.25, 0.3) is 27.7 Å². The van der Waals surface area contributed by atoms with Crippen LogP contribution < -0.4 is 15.8 Å². The smallest absolute Gasteiger partial charge is 0.405 e. The number of aryl methyl sites for hydroxylation is 1. The second kappa shape index (κ2) is 14.3. The summed E-state index contributed by atoms with van der Waals surface area (Å²) >= 11 is 7.75. The van der Waals surface area contributed by atoms with Crippen molar-refractivity contribution in [2.24, 2.45) is 5.73 Å². The molecule has 1 aliphatic rings. The normalized spacial score (nSPS) is 13.7. The summed E-state index contributed by atoms with van der Waals surface area (Å²) < 4.78 is 9.83. The highest BCUT2D eigenvalue weighted by Gasteiger charge is 2.17. The van der Waals surface area contributed by atoms with Crippen LogP contribution in [-0.4, -0.2) is 42.3 Å². The largest absolute Gasteiger partial charge is 0.444 e. The maximum Gasteiger partial charge on any atom is 0.405 e. The van der Waals surface area contributed by atoms with Crippen LogP contribution >= 0.6 is 23.5 Å². The number of nitrogens with two attached hydrogens (primary N) is 1. The Morgan fingerprint density at radius 3 is 2.58 bits per heavy atom. The second-order valence-electron chi connectivity index (χ2n) is 11.9. The lowest BCUT2D eigenvalue weighted by Gasteiger charge is -2.22. The van der Waals surface area contributed by atoms with Gasteiger partial charge in [0.2, 0.25) is 5.95 Å². The van der Waals surface area contributed by atoms with E-state index in [4.69, 9.17) is 22.3 Å². The van der Waals surface area contributed by atoms with Crippen LogP contribution in [0, 0.1) is 0 Å². The Morgan fingerprint density at radius 2 is 1.89 bits per heavy atom. The summed E-state index contributed by atoms with van der Waals surface area (Å²) in [5.41, 5.74) is 9.42. The van der Waals surface area contributed by atoms with Crippen molar-refractivity contribution in [1.82, 2.24) is 24.6 Å². The van der Waals surface area contributed by atoms with Crippen LogP contribution in [0.2, 0.25) is 5.02 Å². The number of fused-ring (bicyclic) bond motifs is 2. The van der Waals surface area contributed by atoms with Crippen molar-refractivity contribution in [2.45, 2.75) is 82.8 Å². The Bertz CT molecular complexity index is 1780. The van der Waals surface area contributed by atoms with Crippen LogP contribution in [0.1, 0.15) is 65.4 Å². The van der Waals surface area contributed by atoms with Gasteiger partial charge in [0.15, 0.2) is 5.82 Å². The van der Waals surface area contributed by atoms with Gasteiger partial charge in [-0.05, 0) is 93.9 Å². The van der Waals surface area contributed by atoms with Gasteiger partial charge in [0, 0.05) is 28.1 Å². The van der Waals surface area contributed by atoms with Gasteiger partial charge in [0.1, 0.15) is 17.4 Å². The molecule has 1 amide bonds. The second-order valence-corrected chi connectivity index (χ2v) is 13.1. The first-order valence-electron chi connectivity index (χ1n) is 15.2. The fraction of sp³-hybridized carbons (Fsp3) is 0.364. The zero-order chi connectivity index (χ0) is 32.0. The van der Waals surface area contributed by atoms with Gasteiger partial charge in [0.05, 0.1) is 16.2 Å². The third-order valence-corrected chi connectivity index (χ3v) is 8.64. The number of halogens is 1. The lowest BCUT2D eigenvalue weighted by molar-refractivity contribution is 0.0600. The van der Waals surface area contributed by atoms with Crippen molar-refractivity contribution >= 4 is 57.8 Å². The highest BCUT2D eigenvalue weighted by atomic mass is 35.5. The number of rotatable bonds is 7. The quantitative estimate of drug-likeness (QED) is 0.149. The monoisotopic (exact) mass is 646 g/mol. The summed E-state index contributed by atoms with van der Waals surface area (Å²) in [6.45, 7) is 7.45. The maximum absolute atomic E-state index is 10.0. The fourth-order valence-corrected chi connectivity index (χ4v) is 6.23. The first-order chi connectivity index (χ1) is 21.6. The number of nitrogens with zero attached hydrogens (tertiary/aromatic N) is 5. The molecule has 0 aliphatic heterocycles. The van der Waals surface area contributed by atoms with E-state index in [1.807, 2.05) is 41.0 Å². The molecule has 5 aromatic rings. The number of ether oxygens (including phenoxy) is 1. The van der Waals surface area contributed by atoms with Crippen molar-refractivity contribution in [1.29, 1.82) is 0 Å². The van der Waals surface area contributed by atoms with E-state index in [1.165, 1.54) is 49.6 Å². The predicted molar refractivity (Wildman–Crippen MR) is 183 cm³/mol. The molecule has 0 bridgehead atoms. The summed E-state index contributed by atoms with van der Waals surface area (Å²) in [6, 6.07) is 16.7. The number of hydrogen-bond acceptors (Lipinski definition) is 9. The zero-order valence-corrected chi connectivity index (χ0v) is 27.6. The van der Waals surface area contributed by atoms with Gasteiger partial charge in [0.25, 0.3) is 0 Å². The van der Waals surface area contributed by atoms with E-state index < -0.39 is 11.7 Å². The number of benzene rings is 2. The number of carbonyl (C=O) groups is 1. The minimum absolute atomic E-state index is 0.453. The minimum Gasteiger partial charge on any atom is -0.444 e. The van der Waals surface area contributed by atoms with E-state index >= 15 is 0 Å². The van der Waals surface area contributed by atoms with Gasteiger partial charge in [-0.25, -0.2) is 24.3 Å². The van der Waals surface area contributed by atoms with E-state index in [-0.39, 0.29) is 0 Å². The van der Waals surface area contributed by atoms with Crippen LogP contribution in [0.4, 0.5) is 16.6 Å². The molecule has 3 heterocycles. The lowest BCUT2D eigenvalue weighted by Crippen LogP contribution is -2.27. The molecular weight excluding hydrogens is 608 g/mol. The number of nitrogens with one attached hydrogen (secondary N) is 2. The van der Waals surface area contributed by atoms with E-state index in [2.05, 4.69) is 55.0 Å². The number of amides is 1. The molecule has 0 saturated heterocycles. The van der Waals surface area contributed by atoms with E-state index in [0.29, 0.717) is 11.1 Å². The first kappa shape index (κ1) is 32.3. The molecule has 1 saturated carbocycles. The van der Waals surface area contributed by atoms with Crippen molar-refractivity contribution in [2.75, 3.05) is 10.0 Å². The summed E-state index contributed by atoms with van der Waals surface area (Å²) in [5.74, 6) is 1.46. The third kappa shape index (κ3) is 8.34. The molecule has 0 unspecified atom stereocenters. The van der Waals surface area contributed by atoms with Crippen LogP contribution in [0.3, 0.4) is 0 Å². The summed E-state index contributed by atoms with van der Waals surface area (Å²) in [4.78, 5) is 25.0. The number of anilines is 2. The van der Waals surface area contributed by atoms with E-state index in [1.54, 1.807) is 27.1 Å². The lowest BCUT2D eigenvalue weighted by atomic mass is 9.96.